The molecule has 0 aliphatic rings. The van der Waals surface area contributed by atoms with Gasteiger partial charge in [0.25, 0.3) is 0 Å². The Labute approximate surface area is 143 Å². The molecule has 9 nitrogen and oxygen atoms in total. The van der Waals surface area contributed by atoms with Crippen LogP contribution in [-0.4, -0.2) is 50.4 Å². The molecule has 136 valence electrons. The lowest BCUT2D eigenvalue weighted by molar-refractivity contribution is 0.0480. The van der Waals surface area contributed by atoms with Crippen molar-refractivity contribution in [2.45, 2.75) is 32.7 Å². The Balaban J connectivity index is 3.89. The summed E-state index contributed by atoms with van der Waals surface area (Å²) in [6, 6.07) is 0. The maximum Gasteiger partial charge on any atom is 0.355 e. The zero-order valence-electron chi connectivity index (χ0n) is 14.0. The van der Waals surface area contributed by atoms with E-state index >= 15 is 0 Å². The average molecular weight is 353 g/mol. The number of esters is 1. The lowest BCUT2D eigenvalue weighted by atomic mass is 10.1. The van der Waals surface area contributed by atoms with Gasteiger partial charge in [-0.25, -0.2) is 19.2 Å². The quantitative estimate of drug-likeness (QED) is 0.384. The summed E-state index contributed by atoms with van der Waals surface area (Å²) in [5.74, 6) is -6.29. The minimum atomic E-state index is -1.77. The van der Waals surface area contributed by atoms with Crippen LogP contribution in [0.4, 0.5) is 0 Å². The van der Waals surface area contributed by atoms with E-state index in [1.165, 1.54) is 26.8 Å². The topological polar surface area (TPSA) is 143 Å². The first-order chi connectivity index (χ1) is 11.4. The molecule has 1 aromatic rings. The zero-order valence-corrected chi connectivity index (χ0v) is 14.0. The molecular formula is C16H19NO8. The minimum Gasteiger partial charge on any atom is -0.478 e. The van der Waals surface area contributed by atoms with Gasteiger partial charge < -0.3 is 24.6 Å². The van der Waals surface area contributed by atoms with Gasteiger partial charge in [-0.05, 0) is 27.2 Å². The van der Waals surface area contributed by atoms with Crippen molar-refractivity contribution in [1.82, 2.24) is 4.57 Å². The number of ether oxygens (including phenoxy) is 1. The van der Waals surface area contributed by atoms with Crippen LogP contribution in [-0.2, 0) is 10.3 Å². The summed E-state index contributed by atoms with van der Waals surface area (Å²) in [4.78, 5) is 47.1. The maximum absolute atomic E-state index is 12.4. The van der Waals surface area contributed by atoms with Crippen molar-refractivity contribution >= 4 is 23.9 Å². The van der Waals surface area contributed by atoms with E-state index in [4.69, 9.17) is 4.74 Å². The predicted molar refractivity (Wildman–Crippen MR) is 85.4 cm³/mol. The molecule has 0 saturated carbocycles. The summed E-state index contributed by atoms with van der Waals surface area (Å²) >= 11 is 0. The van der Waals surface area contributed by atoms with Crippen molar-refractivity contribution < 1.29 is 39.2 Å². The second-order valence-electron chi connectivity index (χ2n) is 6.08. The number of carbonyl (C=O) groups is 4. The van der Waals surface area contributed by atoms with Gasteiger partial charge in [0.2, 0.25) is 0 Å². The number of hydrogen-bond donors (Lipinski definition) is 3. The number of hydrogen-bond acceptors (Lipinski definition) is 5. The van der Waals surface area contributed by atoms with Crippen molar-refractivity contribution in [2.24, 2.45) is 0 Å². The molecule has 0 spiro atoms. The predicted octanol–water partition coefficient (Wildman–Crippen LogP) is 2.07. The van der Waals surface area contributed by atoms with Crippen LogP contribution in [0.15, 0.2) is 12.7 Å². The van der Waals surface area contributed by atoms with Crippen molar-refractivity contribution in [1.29, 1.82) is 0 Å². The van der Waals surface area contributed by atoms with E-state index in [1.807, 2.05) is 0 Å². The first kappa shape index (κ1) is 19.9. The fourth-order valence-electron chi connectivity index (χ4n) is 2.36. The summed E-state index contributed by atoms with van der Waals surface area (Å²) in [5.41, 5.74) is -4.40. The van der Waals surface area contributed by atoms with Gasteiger partial charge in [0, 0.05) is 5.54 Å². The molecule has 0 bridgehead atoms. The van der Waals surface area contributed by atoms with E-state index in [0.717, 1.165) is 4.57 Å². The normalized spacial score (nSPS) is 11.0. The van der Waals surface area contributed by atoms with Gasteiger partial charge in [0.1, 0.15) is 22.5 Å². The zero-order chi connectivity index (χ0) is 19.5. The van der Waals surface area contributed by atoms with Crippen LogP contribution in [0.2, 0.25) is 0 Å². The Hall–Kier alpha value is -3.10. The summed E-state index contributed by atoms with van der Waals surface area (Å²) in [7, 11) is 0. The van der Waals surface area contributed by atoms with Crippen LogP contribution >= 0.6 is 0 Å². The van der Waals surface area contributed by atoms with Gasteiger partial charge >= 0.3 is 23.9 Å². The molecule has 0 fully saturated rings. The number of aromatic nitrogens is 1. The summed E-state index contributed by atoms with van der Waals surface area (Å²) in [6.45, 7) is 7.88. The Kier molecular flexibility index (Phi) is 5.75. The van der Waals surface area contributed by atoms with E-state index in [2.05, 4.69) is 6.58 Å². The van der Waals surface area contributed by atoms with Crippen molar-refractivity contribution in [3.63, 3.8) is 0 Å². The van der Waals surface area contributed by atoms with E-state index < -0.39 is 51.9 Å². The minimum absolute atomic E-state index is 0.110. The van der Waals surface area contributed by atoms with Crippen LogP contribution in [0.25, 0.3) is 0 Å². The van der Waals surface area contributed by atoms with Gasteiger partial charge in [-0.1, -0.05) is 6.08 Å². The Morgan fingerprint density at radius 2 is 1.48 bits per heavy atom. The first-order valence-corrected chi connectivity index (χ1v) is 7.22. The summed E-state index contributed by atoms with van der Waals surface area (Å²) in [6.07, 6.45) is 1.77. The molecule has 0 aliphatic heterocycles. The number of carboxylic acid groups (broad SMARTS) is 3. The van der Waals surface area contributed by atoms with Gasteiger partial charge in [-0.15, -0.1) is 6.58 Å². The third-order valence-electron chi connectivity index (χ3n) is 3.22. The van der Waals surface area contributed by atoms with E-state index in [0.29, 0.717) is 6.42 Å². The second-order valence-corrected chi connectivity index (χ2v) is 6.08. The van der Waals surface area contributed by atoms with Crippen LogP contribution < -0.4 is 0 Å². The fourth-order valence-corrected chi connectivity index (χ4v) is 2.36. The Morgan fingerprint density at radius 3 is 1.84 bits per heavy atom. The average Bonchev–Trinajstić information content (AvgIpc) is 2.83. The molecule has 9 heteroatoms. The summed E-state index contributed by atoms with van der Waals surface area (Å²) in [5, 5.41) is 28.2. The van der Waals surface area contributed by atoms with E-state index in [9.17, 15) is 34.5 Å². The number of carbonyl (C=O) groups excluding carboxylic acids is 1. The Morgan fingerprint density at radius 1 is 1.00 bits per heavy atom. The second kappa shape index (κ2) is 7.20. The highest BCUT2D eigenvalue weighted by Gasteiger charge is 2.40. The standard InChI is InChI=1S/C16H19NO8/c1-5-6-7-25-15(24)11-9(13(20)21)8(12(18)19)10(14(22)23)17(11)16(2,3)4/h5H,1,6-7H2,2-4H3,(H,18,19)(H,20,21)(H,22,23). The molecule has 25 heavy (non-hydrogen) atoms. The van der Waals surface area contributed by atoms with Gasteiger partial charge in [0.05, 0.1) is 6.61 Å². The molecule has 0 atom stereocenters. The lowest BCUT2D eigenvalue weighted by Crippen LogP contribution is -2.30. The molecule has 0 amide bonds. The van der Waals surface area contributed by atoms with Crippen LogP contribution in [0, 0.1) is 0 Å². The molecule has 1 aromatic heterocycles. The number of carboxylic acids is 3. The number of rotatable bonds is 7. The number of nitrogens with zero attached hydrogens (tertiary/aromatic N) is 1. The molecule has 0 saturated heterocycles. The van der Waals surface area contributed by atoms with Gasteiger partial charge in [-0.3, -0.25) is 0 Å². The highest BCUT2D eigenvalue weighted by Crippen LogP contribution is 2.31. The molecule has 1 rings (SSSR count). The Bertz CT molecular complexity index is 751. The third-order valence-corrected chi connectivity index (χ3v) is 3.22. The number of aromatic carboxylic acids is 3. The molecule has 0 aliphatic carbocycles. The highest BCUT2D eigenvalue weighted by molar-refractivity contribution is 6.14. The van der Waals surface area contributed by atoms with E-state index in [-0.39, 0.29) is 6.61 Å². The molecular weight excluding hydrogens is 334 g/mol. The molecule has 0 aromatic carbocycles. The molecule has 3 N–H and O–H groups in total. The molecule has 0 radical (unpaired) electrons. The van der Waals surface area contributed by atoms with Crippen LogP contribution in [0.3, 0.4) is 0 Å². The fraction of sp³-hybridized carbons (Fsp3) is 0.375. The van der Waals surface area contributed by atoms with Gasteiger partial charge in [0.15, 0.2) is 0 Å². The summed E-state index contributed by atoms with van der Waals surface area (Å²) < 4.78 is 5.82. The van der Waals surface area contributed by atoms with Gasteiger partial charge in [-0.2, -0.15) is 0 Å². The SMILES string of the molecule is C=CCCOC(=O)c1c(C(=O)O)c(C(=O)O)c(C(=O)O)n1C(C)(C)C. The van der Waals surface area contributed by atoms with Crippen molar-refractivity contribution in [3.05, 3.63) is 35.2 Å². The van der Waals surface area contributed by atoms with Crippen molar-refractivity contribution in [2.75, 3.05) is 6.61 Å². The largest absolute Gasteiger partial charge is 0.478 e. The first-order valence-electron chi connectivity index (χ1n) is 7.22. The third kappa shape index (κ3) is 3.87. The van der Waals surface area contributed by atoms with Crippen molar-refractivity contribution in [3.8, 4) is 0 Å². The van der Waals surface area contributed by atoms with Crippen LogP contribution in [0.1, 0.15) is 68.9 Å². The monoisotopic (exact) mass is 353 g/mol. The molecule has 0 unspecified atom stereocenters. The molecule has 1 heterocycles. The smallest absolute Gasteiger partial charge is 0.355 e. The highest BCUT2D eigenvalue weighted by atomic mass is 16.5. The maximum atomic E-state index is 12.4. The van der Waals surface area contributed by atoms with E-state index in [1.54, 1.807) is 0 Å². The lowest BCUT2D eigenvalue weighted by Gasteiger charge is -2.25. The van der Waals surface area contributed by atoms with Crippen LogP contribution in [0.5, 0.6) is 0 Å².